The molecule has 1 unspecified atom stereocenters. The summed E-state index contributed by atoms with van der Waals surface area (Å²) in [4.78, 5) is 23.0. The molecule has 17 heavy (non-hydrogen) atoms. The Morgan fingerprint density at radius 1 is 1.00 bits per heavy atom. The Morgan fingerprint density at radius 2 is 1.53 bits per heavy atom. The predicted molar refractivity (Wildman–Crippen MR) is 65.5 cm³/mol. The molecule has 0 fully saturated rings. The molecule has 0 saturated carbocycles. The summed E-state index contributed by atoms with van der Waals surface area (Å²) in [6, 6.07) is 0. The number of carbonyl (C=O) groups excluding carboxylic acids is 2. The van der Waals surface area contributed by atoms with Gasteiger partial charge in [0.1, 0.15) is 0 Å². The van der Waals surface area contributed by atoms with Crippen LogP contribution in [0.25, 0.3) is 0 Å². The van der Waals surface area contributed by atoms with Crippen LogP contribution in [-0.4, -0.2) is 24.1 Å². The fourth-order valence-corrected chi connectivity index (χ4v) is 1.43. The van der Waals surface area contributed by atoms with Crippen LogP contribution in [0, 0.1) is 5.92 Å². The SMILES string of the molecule is CCC(CCC(=O)OC(C)C)C(=O)OC(C)C. The third-order valence-electron chi connectivity index (χ3n) is 2.24. The highest BCUT2D eigenvalue weighted by atomic mass is 16.5. The maximum absolute atomic E-state index is 11.6. The van der Waals surface area contributed by atoms with Crippen LogP contribution in [0.5, 0.6) is 0 Å². The smallest absolute Gasteiger partial charge is 0.309 e. The van der Waals surface area contributed by atoms with Crippen LogP contribution in [0.2, 0.25) is 0 Å². The van der Waals surface area contributed by atoms with Crippen LogP contribution in [0.15, 0.2) is 0 Å². The molecular formula is C13H24O4. The molecule has 4 heteroatoms. The van der Waals surface area contributed by atoms with Crippen molar-refractivity contribution in [1.82, 2.24) is 0 Å². The fraction of sp³-hybridized carbons (Fsp3) is 0.846. The Balaban J connectivity index is 4.05. The lowest BCUT2D eigenvalue weighted by molar-refractivity contribution is -0.153. The third-order valence-corrected chi connectivity index (χ3v) is 2.24. The number of ether oxygens (including phenoxy) is 2. The number of esters is 2. The molecular weight excluding hydrogens is 220 g/mol. The maximum atomic E-state index is 11.6. The lowest BCUT2D eigenvalue weighted by Crippen LogP contribution is -2.22. The van der Waals surface area contributed by atoms with E-state index in [1.54, 1.807) is 0 Å². The van der Waals surface area contributed by atoms with Gasteiger partial charge in [-0.2, -0.15) is 0 Å². The van der Waals surface area contributed by atoms with Crippen molar-refractivity contribution in [1.29, 1.82) is 0 Å². The zero-order valence-corrected chi connectivity index (χ0v) is 11.5. The molecule has 0 amide bonds. The second-order valence-electron chi connectivity index (χ2n) is 4.67. The molecule has 0 aliphatic rings. The summed E-state index contributed by atoms with van der Waals surface area (Å²) in [6.07, 6.45) is 1.22. The van der Waals surface area contributed by atoms with Crippen molar-refractivity contribution >= 4 is 11.9 Å². The van der Waals surface area contributed by atoms with Crippen molar-refractivity contribution in [2.45, 2.75) is 66.1 Å². The fourth-order valence-electron chi connectivity index (χ4n) is 1.43. The monoisotopic (exact) mass is 244 g/mol. The van der Waals surface area contributed by atoms with Gasteiger partial charge in [-0.05, 0) is 40.5 Å². The van der Waals surface area contributed by atoms with E-state index in [0.717, 1.165) is 0 Å². The summed E-state index contributed by atoms with van der Waals surface area (Å²) >= 11 is 0. The molecule has 0 saturated heterocycles. The van der Waals surface area contributed by atoms with E-state index >= 15 is 0 Å². The molecule has 0 aromatic carbocycles. The minimum absolute atomic E-state index is 0.106. The molecule has 0 aliphatic carbocycles. The van der Waals surface area contributed by atoms with Crippen molar-refractivity contribution in [3.05, 3.63) is 0 Å². The Labute approximate surface area is 104 Å². The molecule has 0 aliphatic heterocycles. The predicted octanol–water partition coefficient (Wildman–Crippen LogP) is 2.70. The van der Waals surface area contributed by atoms with Gasteiger partial charge in [-0.3, -0.25) is 9.59 Å². The number of rotatable bonds is 7. The van der Waals surface area contributed by atoms with E-state index in [2.05, 4.69) is 0 Å². The number of hydrogen-bond donors (Lipinski definition) is 0. The summed E-state index contributed by atoms with van der Waals surface area (Å²) in [5.74, 6) is -0.687. The largest absolute Gasteiger partial charge is 0.463 e. The zero-order chi connectivity index (χ0) is 13.4. The Morgan fingerprint density at radius 3 is 1.94 bits per heavy atom. The highest BCUT2D eigenvalue weighted by molar-refractivity contribution is 5.74. The summed E-state index contributed by atoms with van der Waals surface area (Å²) in [5, 5.41) is 0. The van der Waals surface area contributed by atoms with Gasteiger partial charge in [0.05, 0.1) is 18.1 Å². The van der Waals surface area contributed by atoms with E-state index in [4.69, 9.17) is 9.47 Å². The Bertz CT molecular complexity index is 246. The van der Waals surface area contributed by atoms with E-state index in [-0.39, 0.29) is 36.5 Å². The Hall–Kier alpha value is -1.06. The molecule has 1 atom stereocenters. The van der Waals surface area contributed by atoms with Crippen molar-refractivity contribution in [2.24, 2.45) is 5.92 Å². The van der Waals surface area contributed by atoms with E-state index in [1.165, 1.54) is 0 Å². The molecule has 0 bridgehead atoms. The van der Waals surface area contributed by atoms with Crippen LogP contribution in [0.4, 0.5) is 0 Å². The lowest BCUT2D eigenvalue weighted by Gasteiger charge is -2.16. The minimum Gasteiger partial charge on any atom is -0.463 e. The van der Waals surface area contributed by atoms with Crippen molar-refractivity contribution in [3.8, 4) is 0 Å². The highest BCUT2D eigenvalue weighted by Gasteiger charge is 2.20. The number of hydrogen-bond acceptors (Lipinski definition) is 4. The molecule has 0 aromatic rings. The van der Waals surface area contributed by atoms with Gasteiger partial charge in [0.25, 0.3) is 0 Å². The summed E-state index contributed by atoms with van der Waals surface area (Å²) in [7, 11) is 0. The zero-order valence-electron chi connectivity index (χ0n) is 11.5. The van der Waals surface area contributed by atoms with E-state index < -0.39 is 0 Å². The van der Waals surface area contributed by atoms with Crippen LogP contribution in [0.3, 0.4) is 0 Å². The molecule has 4 nitrogen and oxygen atoms in total. The van der Waals surface area contributed by atoms with E-state index in [0.29, 0.717) is 12.8 Å². The summed E-state index contributed by atoms with van der Waals surface area (Å²) in [6.45, 7) is 9.17. The third kappa shape index (κ3) is 7.77. The van der Waals surface area contributed by atoms with Crippen molar-refractivity contribution in [3.63, 3.8) is 0 Å². The van der Waals surface area contributed by atoms with Crippen molar-refractivity contribution < 1.29 is 19.1 Å². The van der Waals surface area contributed by atoms with Crippen LogP contribution in [0.1, 0.15) is 53.9 Å². The maximum Gasteiger partial charge on any atom is 0.309 e. The first-order chi connectivity index (χ1) is 7.86. The van der Waals surface area contributed by atoms with E-state index in [1.807, 2.05) is 34.6 Å². The highest BCUT2D eigenvalue weighted by Crippen LogP contribution is 2.15. The van der Waals surface area contributed by atoms with Gasteiger partial charge in [0.15, 0.2) is 0 Å². The lowest BCUT2D eigenvalue weighted by atomic mass is 10.0. The topological polar surface area (TPSA) is 52.6 Å². The minimum atomic E-state index is -0.254. The normalized spacial score (nSPS) is 12.6. The molecule has 0 heterocycles. The van der Waals surface area contributed by atoms with Gasteiger partial charge in [0, 0.05) is 6.42 Å². The van der Waals surface area contributed by atoms with Crippen LogP contribution < -0.4 is 0 Å². The molecule has 0 radical (unpaired) electrons. The number of carbonyl (C=O) groups is 2. The van der Waals surface area contributed by atoms with Gasteiger partial charge in [0.2, 0.25) is 0 Å². The molecule has 0 N–H and O–H groups in total. The molecule has 0 rings (SSSR count). The summed E-state index contributed by atoms with van der Waals surface area (Å²) < 4.78 is 10.1. The Kier molecular flexibility index (Phi) is 7.59. The van der Waals surface area contributed by atoms with Gasteiger partial charge in [-0.25, -0.2) is 0 Å². The van der Waals surface area contributed by atoms with Gasteiger partial charge >= 0.3 is 11.9 Å². The second-order valence-corrected chi connectivity index (χ2v) is 4.67. The van der Waals surface area contributed by atoms with Gasteiger partial charge in [-0.1, -0.05) is 6.92 Å². The first-order valence-corrected chi connectivity index (χ1v) is 6.26. The van der Waals surface area contributed by atoms with Crippen LogP contribution >= 0.6 is 0 Å². The molecule has 0 spiro atoms. The molecule has 100 valence electrons. The van der Waals surface area contributed by atoms with Gasteiger partial charge < -0.3 is 9.47 Å². The van der Waals surface area contributed by atoms with Crippen LogP contribution in [-0.2, 0) is 19.1 Å². The second kappa shape index (κ2) is 8.09. The quantitative estimate of drug-likeness (QED) is 0.646. The van der Waals surface area contributed by atoms with E-state index in [9.17, 15) is 9.59 Å². The van der Waals surface area contributed by atoms with Gasteiger partial charge in [-0.15, -0.1) is 0 Å². The average molecular weight is 244 g/mol. The summed E-state index contributed by atoms with van der Waals surface area (Å²) in [5.41, 5.74) is 0. The standard InChI is InChI=1S/C13H24O4/c1-6-11(13(15)17-10(4)5)7-8-12(14)16-9(2)3/h9-11H,6-8H2,1-5H3. The molecule has 0 aromatic heterocycles. The first kappa shape index (κ1) is 15.9. The van der Waals surface area contributed by atoms with Crippen molar-refractivity contribution in [2.75, 3.05) is 0 Å². The average Bonchev–Trinajstić information content (AvgIpc) is 2.16. The first-order valence-electron chi connectivity index (χ1n) is 6.26.